The third-order valence-corrected chi connectivity index (χ3v) is 3.92. The quantitative estimate of drug-likeness (QED) is 0.729. The number of rotatable bonds is 1. The van der Waals surface area contributed by atoms with Crippen LogP contribution in [-0.2, 0) is 0 Å². The van der Waals surface area contributed by atoms with E-state index in [2.05, 4.69) is 9.97 Å². The normalized spacial score (nSPS) is 14.3. The molecule has 86 valence electrons. The second-order valence-electron chi connectivity index (χ2n) is 3.29. The van der Waals surface area contributed by atoms with Crippen molar-refractivity contribution in [2.24, 2.45) is 0 Å². The summed E-state index contributed by atoms with van der Waals surface area (Å²) < 4.78 is 38.0. The first-order valence-corrected chi connectivity index (χ1v) is 5.55. The zero-order valence-electron chi connectivity index (χ0n) is 8.05. The number of alkyl halides is 3. The van der Waals surface area contributed by atoms with E-state index in [0.717, 1.165) is 18.3 Å². The molecule has 2 aromatic rings. The standard InChI is InChI=1S/C9H6ClF3N2S/c1-4(9(11,12)13)6-2-5-7(16-6)8(10)15-3-14-5/h2-4H,1H3. The lowest BCUT2D eigenvalue weighted by Crippen LogP contribution is -2.16. The Morgan fingerprint density at radius 3 is 2.62 bits per heavy atom. The molecule has 2 nitrogen and oxygen atoms in total. The summed E-state index contributed by atoms with van der Waals surface area (Å²) in [5, 5.41) is 0.190. The highest BCUT2D eigenvalue weighted by Crippen LogP contribution is 2.40. The fourth-order valence-corrected chi connectivity index (χ4v) is 2.54. The van der Waals surface area contributed by atoms with Gasteiger partial charge in [0, 0.05) is 4.88 Å². The Morgan fingerprint density at radius 2 is 2.06 bits per heavy atom. The fourth-order valence-electron chi connectivity index (χ4n) is 1.22. The Balaban J connectivity index is 2.52. The minimum absolute atomic E-state index is 0.190. The molecule has 7 heteroatoms. The number of nitrogens with zero attached hydrogens (tertiary/aromatic N) is 2. The molecule has 0 aromatic carbocycles. The zero-order valence-corrected chi connectivity index (χ0v) is 9.62. The molecule has 0 aliphatic rings. The van der Waals surface area contributed by atoms with Gasteiger partial charge in [0.25, 0.3) is 0 Å². The van der Waals surface area contributed by atoms with Gasteiger partial charge in [-0.1, -0.05) is 11.6 Å². The summed E-state index contributed by atoms with van der Waals surface area (Å²) in [6, 6.07) is 1.41. The van der Waals surface area contributed by atoms with Crippen LogP contribution in [0.5, 0.6) is 0 Å². The molecule has 1 unspecified atom stereocenters. The van der Waals surface area contributed by atoms with Crippen LogP contribution in [0.1, 0.15) is 17.7 Å². The highest BCUT2D eigenvalue weighted by molar-refractivity contribution is 7.19. The summed E-state index contributed by atoms with van der Waals surface area (Å²) in [4.78, 5) is 7.80. The summed E-state index contributed by atoms with van der Waals surface area (Å²) in [5.41, 5.74) is 0.455. The third kappa shape index (κ3) is 1.99. The Labute approximate surface area is 98.1 Å². The summed E-state index contributed by atoms with van der Waals surface area (Å²) in [6.07, 6.45) is -3.01. The van der Waals surface area contributed by atoms with Gasteiger partial charge in [-0.3, -0.25) is 0 Å². The van der Waals surface area contributed by atoms with Crippen LogP contribution in [0.4, 0.5) is 13.2 Å². The van der Waals surface area contributed by atoms with Crippen molar-refractivity contribution in [3.63, 3.8) is 0 Å². The Morgan fingerprint density at radius 1 is 1.38 bits per heavy atom. The number of thiophene rings is 1. The maximum Gasteiger partial charge on any atom is 0.396 e. The first-order chi connectivity index (χ1) is 7.39. The molecule has 0 aliphatic carbocycles. The molecule has 2 heterocycles. The molecule has 0 spiro atoms. The summed E-state index contributed by atoms with van der Waals surface area (Å²) in [7, 11) is 0. The van der Waals surface area contributed by atoms with Gasteiger partial charge in [-0.15, -0.1) is 11.3 Å². The van der Waals surface area contributed by atoms with Crippen LogP contribution in [0.3, 0.4) is 0 Å². The van der Waals surface area contributed by atoms with Gasteiger partial charge < -0.3 is 0 Å². The first-order valence-electron chi connectivity index (χ1n) is 4.36. The molecule has 0 radical (unpaired) electrons. The van der Waals surface area contributed by atoms with Gasteiger partial charge in [0.15, 0.2) is 0 Å². The molecule has 2 aromatic heterocycles. The van der Waals surface area contributed by atoms with Crippen molar-refractivity contribution < 1.29 is 13.2 Å². The van der Waals surface area contributed by atoms with Crippen molar-refractivity contribution >= 4 is 33.2 Å². The number of halogens is 4. The lowest BCUT2D eigenvalue weighted by atomic mass is 10.1. The lowest BCUT2D eigenvalue weighted by Gasteiger charge is -2.12. The van der Waals surface area contributed by atoms with E-state index >= 15 is 0 Å². The Kier molecular flexibility index (Phi) is 2.79. The second kappa shape index (κ2) is 3.85. The molecular formula is C9H6ClF3N2S. The van der Waals surface area contributed by atoms with E-state index in [1.165, 1.54) is 12.4 Å². The molecule has 16 heavy (non-hydrogen) atoms. The Hall–Kier alpha value is -0.880. The van der Waals surface area contributed by atoms with Gasteiger partial charge in [-0.2, -0.15) is 13.2 Å². The average Bonchev–Trinajstić information content (AvgIpc) is 2.60. The SMILES string of the molecule is CC(c1cc2ncnc(Cl)c2s1)C(F)(F)F. The molecule has 0 saturated heterocycles. The molecule has 0 saturated carbocycles. The average molecular weight is 267 g/mol. The zero-order chi connectivity index (χ0) is 11.9. The minimum atomic E-state index is -4.25. The smallest absolute Gasteiger partial charge is 0.235 e. The van der Waals surface area contributed by atoms with Gasteiger partial charge in [-0.25, -0.2) is 9.97 Å². The van der Waals surface area contributed by atoms with E-state index in [1.807, 2.05) is 0 Å². The maximum absolute atomic E-state index is 12.5. The van der Waals surface area contributed by atoms with E-state index in [0.29, 0.717) is 10.2 Å². The largest absolute Gasteiger partial charge is 0.396 e. The van der Waals surface area contributed by atoms with Crippen molar-refractivity contribution in [1.29, 1.82) is 0 Å². The number of aromatic nitrogens is 2. The molecular weight excluding hydrogens is 261 g/mol. The van der Waals surface area contributed by atoms with Crippen molar-refractivity contribution in [1.82, 2.24) is 9.97 Å². The van der Waals surface area contributed by atoms with Crippen LogP contribution in [-0.4, -0.2) is 16.1 Å². The molecule has 1 atom stereocenters. The predicted octanol–water partition coefficient (Wildman–Crippen LogP) is 4.01. The second-order valence-corrected chi connectivity index (χ2v) is 4.73. The summed E-state index contributed by atoms with van der Waals surface area (Å²) in [5.74, 6) is -1.51. The van der Waals surface area contributed by atoms with Crippen molar-refractivity contribution in [3.05, 3.63) is 22.4 Å². The van der Waals surface area contributed by atoms with Gasteiger partial charge in [0.2, 0.25) is 0 Å². The predicted molar refractivity (Wildman–Crippen MR) is 56.9 cm³/mol. The van der Waals surface area contributed by atoms with Crippen molar-refractivity contribution in [3.8, 4) is 0 Å². The highest BCUT2D eigenvalue weighted by Gasteiger charge is 2.38. The van der Waals surface area contributed by atoms with Crippen molar-refractivity contribution in [2.75, 3.05) is 0 Å². The molecule has 2 rings (SSSR count). The topological polar surface area (TPSA) is 25.8 Å². The highest BCUT2D eigenvalue weighted by atomic mass is 35.5. The van der Waals surface area contributed by atoms with E-state index in [9.17, 15) is 13.2 Å². The van der Waals surface area contributed by atoms with Crippen LogP contribution in [0.2, 0.25) is 5.15 Å². The number of fused-ring (bicyclic) bond motifs is 1. The fraction of sp³-hybridized carbons (Fsp3) is 0.333. The lowest BCUT2D eigenvalue weighted by molar-refractivity contribution is -0.145. The van der Waals surface area contributed by atoms with Gasteiger partial charge in [-0.05, 0) is 13.0 Å². The van der Waals surface area contributed by atoms with E-state index in [1.54, 1.807) is 0 Å². The van der Waals surface area contributed by atoms with Crippen LogP contribution >= 0.6 is 22.9 Å². The van der Waals surface area contributed by atoms with E-state index in [4.69, 9.17) is 11.6 Å². The summed E-state index contributed by atoms with van der Waals surface area (Å²) in [6.45, 7) is 1.12. The van der Waals surface area contributed by atoms with Gasteiger partial charge >= 0.3 is 6.18 Å². The Bertz CT molecular complexity index is 523. The number of hydrogen-bond acceptors (Lipinski definition) is 3. The first kappa shape index (κ1) is 11.6. The third-order valence-electron chi connectivity index (χ3n) is 2.20. The van der Waals surface area contributed by atoms with Crippen LogP contribution in [0.25, 0.3) is 10.2 Å². The molecule has 0 N–H and O–H groups in total. The van der Waals surface area contributed by atoms with Crippen LogP contribution in [0, 0.1) is 0 Å². The monoisotopic (exact) mass is 266 g/mol. The minimum Gasteiger partial charge on any atom is -0.235 e. The molecule has 0 fully saturated rings. The van der Waals surface area contributed by atoms with Gasteiger partial charge in [0.1, 0.15) is 11.5 Å². The maximum atomic E-state index is 12.5. The molecule has 0 amide bonds. The van der Waals surface area contributed by atoms with Crippen LogP contribution in [0.15, 0.2) is 12.4 Å². The molecule has 0 bridgehead atoms. The van der Waals surface area contributed by atoms with Crippen molar-refractivity contribution in [2.45, 2.75) is 19.0 Å². The molecule has 0 aliphatic heterocycles. The number of hydrogen-bond donors (Lipinski definition) is 0. The van der Waals surface area contributed by atoms with E-state index in [-0.39, 0.29) is 10.0 Å². The summed E-state index contributed by atoms with van der Waals surface area (Å²) >= 11 is 6.75. The van der Waals surface area contributed by atoms with Crippen LogP contribution < -0.4 is 0 Å². The van der Waals surface area contributed by atoms with E-state index < -0.39 is 12.1 Å². The van der Waals surface area contributed by atoms with Gasteiger partial charge in [0.05, 0.1) is 16.1 Å².